The van der Waals surface area contributed by atoms with Crippen LogP contribution in [0.15, 0.2) is 127 Å². The second-order valence-corrected chi connectivity index (χ2v) is 14.8. The Labute approximate surface area is 268 Å². The molecule has 0 atom stereocenters. The average Bonchev–Trinajstić information content (AvgIpc) is 3.45. The van der Waals surface area contributed by atoms with Gasteiger partial charge in [-0.3, -0.25) is 4.79 Å². The number of hydrogen-bond donors (Lipinski definition) is 0. The third-order valence-corrected chi connectivity index (χ3v) is 10.8. The SMILES string of the molecule is C=P(c1ccccc1)(c1ccccc1)c1ccccc1.CC(C)(C)OC(=O)n1c(C=O)cc2c(Cl)nc(-c3ccccc3)nc21. The first-order valence-electron chi connectivity index (χ1n) is 14.3. The summed E-state index contributed by atoms with van der Waals surface area (Å²) in [6.45, 7) is 3.46. The van der Waals surface area contributed by atoms with E-state index < -0.39 is 18.6 Å². The van der Waals surface area contributed by atoms with E-state index in [0.29, 0.717) is 17.5 Å². The molecule has 0 amide bonds. The van der Waals surface area contributed by atoms with Gasteiger partial charge in [-0.1, -0.05) is 139 Å². The van der Waals surface area contributed by atoms with Gasteiger partial charge in [-0.25, -0.2) is 19.3 Å². The standard InChI is InChI=1S/C19H17P.C18H16ClN3O3/c1-20(17-11-5-2-6-12-17,18-13-7-3-8-14-18)19-15-9-4-10-16-19;1-18(2,3)25-17(24)22-12(10-23)9-13-14(19)20-15(21-16(13)22)11-7-5-4-6-8-11/h2-16H,1H2;4-10H,1-3H3. The normalized spacial score (nSPS) is 11.4. The number of ether oxygens (including phenoxy) is 1. The van der Waals surface area contributed by atoms with Crippen LogP contribution in [-0.2, 0) is 4.74 Å². The van der Waals surface area contributed by atoms with Gasteiger partial charge in [0.1, 0.15) is 10.8 Å². The van der Waals surface area contributed by atoms with Crippen LogP contribution in [-0.4, -0.2) is 38.8 Å². The minimum Gasteiger partial charge on any atom is -0.443 e. The summed E-state index contributed by atoms with van der Waals surface area (Å²) in [5.74, 6) is 0.360. The minimum atomic E-state index is -1.78. The summed E-state index contributed by atoms with van der Waals surface area (Å²) < 4.78 is 6.50. The maximum absolute atomic E-state index is 12.6. The van der Waals surface area contributed by atoms with Gasteiger partial charge in [0.05, 0.1) is 11.1 Å². The monoisotopic (exact) mass is 633 g/mol. The van der Waals surface area contributed by atoms with Crippen LogP contribution in [0.5, 0.6) is 0 Å². The van der Waals surface area contributed by atoms with Crippen molar-refractivity contribution in [3.05, 3.63) is 138 Å². The van der Waals surface area contributed by atoms with Gasteiger partial charge < -0.3 is 4.74 Å². The highest BCUT2D eigenvalue weighted by atomic mass is 35.5. The lowest BCUT2D eigenvalue weighted by atomic mass is 10.2. The van der Waals surface area contributed by atoms with E-state index in [1.54, 1.807) is 20.8 Å². The van der Waals surface area contributed by atoms with Crippen LogP contribution in [0, 0.1) is 0 Å². The minimum absolute atomic E-state index is 0.102. The smallest absolute Gasteiger partial charge is 0.420 e. The summed E-state index contributed by atoms with van der Waals surface area (Å²) in [4.78, 5) is 32.7. The number of halogens is 1. The third kappa shape index (κ3) is 6.99. The van der Waals surface area contributed by atoms with Crippen LogP contribution in [0.1, 0.15) is 31.3 Å². The molecule has 6 rings (SSSR count). The number of carbonyl (C=O) groups excluding carboxylic acids is 2. The molecule has 0 aliphatic rings. The lowest BCUT2D eigenvalue weighted by Crippen LogP contribution is -2.28. The van der Waals surface area contributed by atoms with Crippen molar-refractivity contribution in [1.29, 1.82) is 0 Å². The third-order valence-electron chi connectivity index (χ3n) is 6.96. The maximum Gasteiger partial charge on any atom is 0.420 e. The molecule has 0 fully saturated rings. The first-order valence-corrected chi connectivity index (χ1v) is 16.7. The Bertz CT molecular complexity index is 1870. The Morgan fingerprint density at radius 2 is 1.22 bits per heavy atom. The van der Waals surface area contributed by atoms with E-state index in [4.69, 9.17) is 22.6 Å². The van der Waals surface area contributed by atoms with Gasteiger partial charge in [-0.2, -0.15) is 0 Å². The number of benzene rings is 4. The summed E-state index contributed by atoms with van der Waals surface area (Å²) in [5, 5.41) is 4.52. The predicted molar refractivity (Wildman–Crippen MR) is 187 cm³/mol. The van der Waals surface area contributed by atoms with E-state index in [1.165, 1.54) is 22.0 Å². The Morgan fingerprint density at radius 3 is 1.64 bits per heavy atom. The van der Waals surface area contributed by atoms with Crippen LogP contribution in [0.4, 0.5) is 4.79 Å². The van der Waals surface area contributed by atoms with E-state index in [-0.39, 0.29) is 16.5 Å². The van der Waals surface area contributed by atoms with Gasteiger partial charge in [0.2, 0.25) is 0 Å². The molecule has 45 heavy (non-hydrogen) atoms. The second-order valence-electron chi connectivity index (χ2n) is 11.3. The zero-order valence-corrected chi connectivity index (χ0v) is 27.0. The second kappa shape index (κ2) is 13.5. The largest absolute Gasteiger partial charge is 0.443 e. The van der Waals surface area contributed by atoms with Crippen molar-refractivity contribution in [3.63, 3.8) is 0 Å². The summed E-state index contributed by atoms with van der Waals surface area (Å²) in [6.07, 6.45) is 4.56. The van der Waals surface area contributed by atoms with Crippen molar-refractivity contribution < 1.29 is 14.3 Å². The van der Waals surface area contributed by atoms with Crippen LogP contribution < -0.4 is 15.9 Å². The maximum atomic E-state index is 12.6. The Hall–Kier alpha value is -4.77. The molecule has 0 N–H and O–H groups in total. The Morgan fingerprint density at radius 1 is 0.778 bits per heavy atom. The van der Waals surface area contributed by atoms with E-state index in [1.807, 2.05) is 30.3 Å². The van der Waals surface area contributed by atoms with Crippen molar-refractivity contribution >= 4 is 64.1 Å². The van der Waals surface area contributed by atoms with Gasteiger partial charge in [0, 0.05) is 5.56 Å². The molecule has 6 nitrogen and oxygen atoms in total. The van der Waals surface area contributed by atoms with E-state index >= 15 is 0 Å². The number of carbonyl (C=O) groups is 2. The molecule has 0 unspecified atom stereocenters. The molecule has 0 radical (unpaired) electrons. The van der Waals surface area contributed by atoms with Crippen molar-refractivity contribution in [1.82, 2.24) is 14.5 Å². The molecule has 0 saturated heterocycles. The highest BCUT2D eigenvalue weighted by Gasteiger charge is 2.25. The molecule has 8 heteroatoms. The molecule has 0 bridgehead atoms. The topological polar surface area (TPSA) is 74.1 Å². The number of hydrogen-bond acceptors (Lipinski definition) is 5. The molecule has 0 saturated carbocycles. The molecule has 226 valence electrons. The molecule has 4 aromatic carbocycles. The van der Waals surface area contributed by atoms with E-state index in [9.17, 15) is 9.59 Å². The molecule has 0 aliphatic heterocycles. The first-order chi connectivity index (χ1) is 21.6. The highest BCUT2D eigenvalue weighted by molar-refractivity contribution is 7.93. The van der Waals surface area contributed by atoms with Crippen molar-refractivity contribution in [2.75, 3.05) is 0 Å². The zero-order valence-electron chi connectivity index (χ0n) is 25.3. The van der Waals surface area contributed by atoms with Crippen LogP contribution in [0.3, 0.4) is 0 Å². The number of aromatic nitrogens is 3. The fourth-order valence-corrected chi connectivity index (χ4v) is 8.01. The van der Waals surface area contributed by atoms with E-state index in [0.717, 1.165) is 10.1 Å². The predicted octanol–water partition coefficient (Wildman–Crippen LogP) is 7.76. The summed E-state index contributed by atoms with van der Waals surface area (Å²) in [6, 6.07) is 42.6. The van der Waals surface area contributed by atoms with E-state index in [2.05, 4.69) is 101 Å². The average molecular weight is 634 g/mol. The first kappa shape index (κ1) is 31.6. The fraction of sp³-hybridized carbons (Fsp3) is 0.108. The molecule has 2 heterocycles. The number of aldehydes is 1. The molecule has 0 spiro atoms. The molecular formula is C37H33ClN3O3P. The van der Waals surface area contributed by atoms with Gasteiger partial charge >= 0.3 is 6.09 Å². The quantitative estimate of drug-likeness (QED) is 0.110. The van der Waals surface area contributed by atoms with Crippen molar-refractivity contribution in [2.45, 2.75) is 26.4 Å². The Balaban J connectivity index is 0.000000182. The van der Waals surface area contributed by atoms with Gasteiger partial charge in [-0.05, 0) is 49.6 Å². The van der Waals surface area contributed by atoms with Crippen LogP contribution in [0.2, 0.25) is 5.15 Å². The summed E-state index contributed by atoms with van der Waals surface area (Å²) in [5.41, 5.74) is 0.365. The van der Waals surface area contributed by atoms with Crippen LogP contribution >= 0.6 is 18.5 Å². The van der Waals surface area contributed by atoms with Gasteiger partial charge in [0.25, 0.3) is 0 Å². The number of fused-ring (bicyclic) bond motifs is 1. The lowest BCUT2D eigenvalue weighted by molar-refractivity contribution is 0.0538. The molecule has 6 aromatic rings. The molecule has 2 aromatic heterocycles. The number of rotatable bonds is 5. The zero-order chi connectivity index (χ0) is 32.0. The molecule has 0 aliphatic carbocycles. The van der Waals surface area contributed by atoms with Crippen molar-refractivity contribution in [3.8, 4) is 11.4 Å². The summed E-state index contributed by atoms with van der Waals surface area (Å²) >= 11 is 6.26. The fourth-order valence-electron chi connectivity index (χ4n) is 4.86. The summed E-state index contributed by atoms with van der Waals surface area (Å²) in [7, 11) is 0. The van der Waals surface area contributed by atoms with Crippen molar-refractivity contribution in [2.24, 2.45) is 0 Å². The number of nitrogens with zero attached hydrogens (tertiary/aromatic N) is 3. The van der Waals surface area contributed by atoms with Crippen LogP contribution in [0.25, 0.3) is 22.4 Å². The lowest BCUT2D eigenvalue weighted by Gasteiger charge is -2.26. The van der Waals surface area contributed by atoms with Gasteiger partial charge in [-0.15, -0.1) is 0 Å². The highest BCUT2D eigenvalue weighted by Crippen LogP contribution is 2.41. The Kier molecular flexibility index (Phi) is 9.48. The molecular weight excluding hydrogens is 601 g/mol. The van der Waals surface area contributed by atoms with Gasteiger partial charge in [0.15, 0.2) is 17.8 Å².